The number of methoxy groups -OCH3 is 2. The van der Waals surface area contributed by atoms with E-state index in [4.69, 9.17) is 9.47 Å². The van der Waals surface area contributed by atoms with Gasteiger partial charge in [0.15, 0.2) is 0 Å². The molecular formula is C21H29NO3. The van der Waals surface area contributed by atoms with Crippen LogP contribution in [-0.2, 0) is 14.3 Å². The van der Waals surface area contributed by atoms with Crippen molar-refractivity contribution in [1.29, 1.82) is 0 Å². The third-order valence-electron chi connectivity index (χ3n) is 6.03. The number of nitrogens with one attached hydrogen (secondary N) is 1. The molecule has 0 aromatic heterocycles. The van der Waals surface area contributed by atoms with Crippen LogP contribution in [0.3, 0.4) is 0 Å². The Morgan fingerprint density at radius 3 is 2.04 bits per heavy atom. The number of hydrogen-bond acceptors (Lipinski definition) is 3. The zero-order chi connectivity index (χ0) is 18.4. The van der Waals surface area contributed by atoms with Crippen LogP contribution >= 0.6 is 0 Å². The van der Waals surface area contributed by atoms with E-state index in [9.17, 15) is 4.79 Å². The third kappa shape index (κ3) is 2.86. The fraction of sp³-hybridized carbons (Fsp3) is 0.571. The quantitative estimate of drug-likeness (QED) is 0.908. The van der Waals surface area contributed by atoms with Crippen LogP contribution < -0.4 is 5.32 Å². The number of ether oxygens (including phenoxy) is 2. The van der Waals surface area contributed by atoms with Crippen molar-refractivity contribution in [3.63, 3.8) is 0 Å². The second-order valence-corrected chi connectivity index (χ2v) is 7.87. The van der Waals surface area contributed by atoms with Crippen LogP contribution in [0.5, 0.6) is 0 Å². The molecule has 1 amide bonds. The highest BCUT2D eigenvalue weighted by atomic mass is 16.5. The Morgan fingerprint density at radius 2 is 1.56 bits per heavy atom. The van der Waals surface area contributed by atoms with Crippen LogP contribution in [-0.4, -0.2) is 31.3 Å². The zero-order valence-electron chi connectivity index (χ0n) is 16.2. The summed E-state index contributed by atoms with van der Waals surface area (Å²) in [5.41, 5.74) is 4.64. The predicted octanol–water partition coefficient (Wildman–Crippen LogP) is 3.82. The van der Waals surface area contributed by atoms with Gasteiger partial charge in [0.25, 0.3) is 5.91 Å². The maximum Gasteiger partial charge on any atom is 0.256 e. The van der Waals surface area contributed by atoms with E-state index >= 15 is 0 Å². The topological polar surface area (TPSA) is 47.6 Å². The van der Waals surface area contributed by atoms with Crippen LogP contribution in [0.25, 0.3) is 5.57 Å². The van der Waals surface area contributed by atoms with Gasteiger partial charge in [-0.05, 0) is 70.1 Å². The third-order valence-corrected chi connectivity index (χ3v) is 6.03. The fourth-order valence-electron chi connectivity index (χ4n) is 4.54. The molecule has 25 heavy (non-hydrogen) atoms. The van der Waals surface area contributed by atoms with Crippen molar-refractivity contribution in [3.05, 3.63) is 40.1 Å². The SMILES string of the molecule is COC1=C(c2c(C)cc(C)cc2C)C(=O)NC12CCC(C)(OC)CC2. The minimum absolute atomic E-state index is 0.0204. The van der Waals surface area contributed by atoms with Gasteiger partial charge in [-0.2, -0.15) is 0 Å². The number of rotatable bonds is 3. The number of carbonyl (C=O) groups excluding carboxylic acids is 1. The summed E-state index contributed by atoms with van der Waals surface area (Å²) >= 11 is 0. The van der Waals surface area contributed by atoms with Gasteiger partial charge < -0.3 is 14.8 Å². The predicted molar refractivity (Wildman–Crippen MR) is 99.3 cm³/mol. The molecule has 0 bridgehead atoms. The number of aryl methyl sites for hydroxylation is 3. The van der Waals surface area contributed by atoms with Crippen molar-refractivity contribution in [2.45, 2.75) is 64.5 Å². The number of benzene rings is 1. The van der Waals surface area contributed by atoms with Crippen molar-refractivity contribution in [2.75, 3.05) is 14.2 Å². The smallest absolute Gasteiger partial charge is 0.256 e. The molecule has 1 heterocycles. The van der Waals surface area contributed by atoms with Crippen molar-refractivity contribution in [2.24, 2.45) is 0 Å². The summed E-state index contributed by atoms with van der Waals surface area (Å²) in [6.07, 6.45) is 3.46. The van der Waals surface area contributed by atoms with Crippen molar-refractivity contribution in [3.8, 4) is 0 Å². The highest BCUT2D eigenvalue weighted by molar-refractivity contribution is 6.24. The normalized spacial score (nSPS) is 29.3. The molecule has 0 saturated heterocycles. The minimum atomic E-state index is -0.400. The molecule has 1 saturated carbocycles. The number of hydrogen-bond donors (Lipinski definition) is 1. The van der Waals surface area contributed by atoms with Gasteiger partial charge in [-0.3, -0.25) is 4.79 Å². The van der Waals surface area contributed by atoms with Crippen molar-refractivity contribution in [1.82, 2.24) is 5.32 Å². The first kappa shape index (κ1) is 18.0. The molecule has 1 aromatic rings. The molecule has 136 valence electrons. The first-order valence-electron chi connectivity index (χ1n) is 9.00. The Bertz CT molecular complexity index is 717. The van der Waals surface area contributed by atoms with E-state index in [2.05, 4.69) is 45.1 Å². The largest absolute Gasteiger partial charge is 0.498 e. The van der Waals surface area contributed by atoms with Gasteiger partial charge >= 0.3 is 0 Å². The summed E-state index contributed by atoms with van der Waals surface area (Å²) in [5.74, 6) is 0.777. The summed E-state index contributed by atoms with van der Waals surface area (Å²) in [5, 5.41) is 3.26. The summed E-state index contributed by atoms with van der Waals surface area (Å²) in [6, 6.07) is 4.26. The molecule has 0 radical (unpaired) electrons. The van der Waals surface area contributed by atoms with Crippen LogP contribution in [0, 0.1) is 20.8 Å². The molecule has 1 spiro atoms. The van der Waals surface area contributed by atoms with E-state index in [1.54, 1.807) is 14.2 Å². The molecule has 0 atom stereocenters. The van der Waals surface area contributed by atoms with Crippen molar-refractivity contribution >= 4 is 11.5 Å². The van der Waals surface area contributed by atoms with E-state index in [0.29, 0.717) is 5.57 Å². The molecule has 1 aromatic carbocycles. The zero-order valence-corrected chi connectivity index (χ0v) is 16.2. The van der Waals surface area contributed by atoms with E-state index in [1.807, 2.05) is 0 Å². The molecule has 0 unspecified atom stereocenters. The first-order chi connectivity index (χ1) is 11.7. The number of carbonyl (C=O) groups is 1. The van der Waals surface area contributed by atoms with E-state index in [0.717, 1.165) is 48.1 Å². The van der Waals surface area contributed by atoms with E-state index < -0.39 is 5.54 Å². The lowest BCUT2D eigenvalue weighted by Gasteiger charge is -2.42. The Labute approximate surface area is 150 Å². The van der Waals surface area contributed by atoms with Crippen LogP contribution in [0.15, 0.2) is 17.9 Å². The standard InChI is InChI=1S/C21H29NO3/c1-13-11-14(2)16(15(3)12-13)17-18(24-5)21(22-19(17)23)9-7-20(4,25-6)8-10-21/h11-12H,7-10H2,1-6H3,(H,22,23). The first-order valence-corrected chi connectivity index (χ1v) is 9.00. The van der Waals surface area contributed by atoms with Gasteiger partial charge in [-0.1, -0.05) is 17.7 Å². The van der Waals surface area contributed by atoms with Crippen LogP contribution in [0.4, 0.5) is 0 Å². The lowest BCUT2D eigenvalue weighted by molar-refractivity contribution is -0.117. The molecule has 4 nitrogen and oxygen atoms in total. The highest BCUT2D eigenvalue weighted by Crippen LogP contribution is 2.47. The minimum Gasteiger partial charge on any atom is -0.498 e. The second kappa shape index (κ2) is 6.17. The Hall–Kier alpha value is -1.81. The fourth-order valence-corrected chi connectivity index (χ4v) is 4.54. The average molecular weight is 343 g/mol. The highest BCUT2D eigenvalue weighted by Gasteiger charge is 2.51. The van der Waals surface area contributed by atoms with Gasteiger partial charge in [0.05, 0.1) is 23.8 Å². The lowest BCUT2D eigenvalue weighted by Crippen LogP contribution is -2.51. The Kier molecular flexibility index (Phi) is 4.44. The van der Waals surface area contributed by atoms with Gasteiger partial charge in [-0.25, -0.2) is 0 Å². The molecule has 3 rings (SSSR count). The monoisotopic (exact) mass is 343 g/mol. The van der Waals surface area contributed by atoms with Gasteiger partial charge in [0, 0.05) is 7.11 Å². The summed E-state index contributed by atoms with van der Waals surface area (Å²) in [6.45, 7) is 8.35. The summed E-state index contributed by atoms with van der Waals surface area (Å²) < 4.78 is 11.5. The maximum absolute atomic E-state index is 13.0. The van der Waals surface area contributed by atoms with Crippen LogP contribution in [0.1, 0.15) is 54.9 Å². The second-order valence-electron chi connectivity index (χ2n) is 7.87. The summed E-state index contributed by atoms with van der Waals surface area (Å²) in [4.78, 5) is 13.0. The molecule has 1 aliphatic heterocycles. The van der Waals surface area contributed by atoms with E-state index in [-0.39, 0.29) is 11.5 Å². The van der Waals surface area contributed by atoms with E-state index in [1.165, 1.54) is 5.56 Å². The molecule has 2 aliphatic rings. The molecule has 1 aliphatic carbocycles. The number of amides is 1. The Balaban J connectivity index is 2.09. The van der Waals surface area contributed by atoms with Crippen molar-refractivity contribution < 1.29 is 14.3 Å². The van der Waals surface area contributed by atoms with Gasteiger partial charge in [-0.15, -0.1) is 0 Å². The molecule has 1 fully saturated rings. The lowest BCUT2D eigenvalue weighted by atomic mass is 9.73. The Morgan fingerprint density at radius 1 is 1.00 bits per heavy atom. The molecular weight excluding hydrogens is 314 g/mol. The molecule has 4 heteroatoms. The summed E-state index contributed by atoms with van der Waals surface area (Å²) in [7, 11) is 3.45. The van der Waals surface area contributed by atoms with Gasteiger partial charge in [0.1, 0.15) is 5.76 Å². The maximum atomic E-state index is 13.0. The van der Waals surface area contributed by atoms with Gasteiger partial charge in [0.2, 0.25) is 0 Å². The van der Waals surface area contributed by atoms with Crippen LogP contribution in [0.2, 0.25) is 0 Å². The molecule has 1 N–H and O–H groups in total. The average Bonchev–Trinajstić information content (AvgIpc) is 2.82.